The Bertz CT molecular complexity index is 291. The molecule has 0 aliphatic carbocycles. The maximum absolute atomic E-state index is 9.99. The third-order valence-electron chi connectivity index (χ3n) is 1.17. The number of aliphatic carboxylic acids is 2. The number of hydrogen-bond donors (Lipinski definition) is 7. The fourth-order valence-corrected chi connectivity index (χ4v) is 0.475. The number of carbonyl (C=O) groups is 3. The molecule has 10 nitrogen and oxygen atoms in total. The summed E-state index contributed by atoms with van der Waals surface area (Å²) in [6.45, 7) is -0.296. The van der Waals surface area contributed by atoms with Crippen molar-refractivity contribution in [2.45, 2.75) is 12.5 Å². The molecule has 17 heavy (non-hydrogen) atoms. The highest BCUT2D eigenvalue weighted by atomic mass is 16.4. The Morgan fingerprint density at radius 3 is 1.82 bits per heavy atom. The lowest BCUT2D eigenvalue weighted by Gasteiger charge is -1.99. The molecule has 0 aliphatic rings. The van der Waals surface area contributed by atoms with Crippen LogP contribution in [-0.4, -0.2) is 46.6 Å². The van der Waals surface area contributed by atoms with Gasteiger partial charge in [-0.05, 0) is 0 Å². The van der Waals surface area contributed by atoms with Crippen molar-refractivity contribution in [1.29, 1.82) is 5.41 Å². The highest BCUT2D eigenvalue weighted by Crippen LogP contribution is 1.84. The standard InChI is InChI=1S/C4H8N2O3.C3H7N3O2/c5-2(4(8)9)1-3(6)7;4-3(5)6-1-2(7)8/h2H,1,5H2,(H2,6,7)(H,8,9);1H2,(H,7,8)(H4,4,5,6). The molecule has 0 aromatic heterocycles. The number of rotatable bonds is 5. The van der Waals surface area contributed by atoms with Crippen LogP contribution in [-0.2, 0) is 14.4 Å². The van der Waals surface area contributed by atoms with E-state index in [1.54, 1.807) is 0 Å². The van der Waals surface area contributed by atoms with E-state index in [0.29, 0.717) is 0 Å². The van der Waals surface area contributed by atoms with Crippen LogP contribution in [0.2, 0.25) is 0 Å². The Labute approximate surface area is 96.3 Å². The molecule has 0 saturated heterocycles. The van der Waals surface area contributed by atoms with Crippen LogP contribution < -0.4 is 22.5 Å². The van der Waals surface area contributed by atoms with Crippen molar-refractivity contribution in [3.63, 3.8) is 0 Å². The molecule has 0 spiro atoms. The van der Waals surface area contributed by atoms with E-state index in [-0.39, 0.29) is 18.9 Å². The highest BCUT2D eigenvalue weighted by molar-refractivity contribution is 5.83. The first kappa shape index (κ1) is 17.0. The molecule has 0 aromatic carbocycles. The molecule has 0 fully saturated rings. The van der Waals surface area contributed by atoms with Gasteiger partial charge in [-0.3, -0.25) is 19.8 Å². The SMILES string of the molecule is N=C(N)NCC(=O)O.NC(=O)CC(N)C(=O)O. The molecule has 0 bridgehead atoms. The second kappa shape index (κ2) is 8.91. The van der Waals surface area contributed by atoms with Crippen molar-refractivity contribution in [3.05, 3.63) is 0 Å². The number of primary amides is 1. The van der Waals surface area contributed by atoms with E-state index in [1.807, 2.05) is 0 Å². The van der Waals surface area contributed by atoms with E-state index in [2.05, 4.69) is 11.1 Å². The summed E-state index contributed by atoms with van der Waals surface area (Å²) in [7, 11) is 0. The molecule has 98 valence electrons. The van der Waals surface area contributed by atoms with E-state index in [0.717, 1.165) is 0 Å². The fourth-order valence-electron chi connectivity index (χ4n) is 0.475. The van der Waals surface area contributed by atoms with Crippen molar-refractivity contribution >= 4 is 23.8 Å². The largest absolute Gasteiger partial charge is 0.480 e. The molecular weight excluding hydrogens is 234 g/mol. The normalized spacial score (nSPS) is 10.4. The molecule has 0 aliphatic heterocycles. The number of hydrogen-bond acceptors (Lipinski definition) is 5. The van der Waals surface area contributed by atoms with Crippen LogP contribution in [0, 0.1) is 5.41 Å². The minimum atomic E-state index is -1.21. The summed E-state index contributed by atoms with van der Waals surface area (Å²) in [5, 5.41) is 24.6. The van der Waals surface area contributed by atoms with Gasteiger partial charge in [0.25, 0.3) is 0 Å². The van der Waals surface area contributed by atoms with Gasteiger partial charge in [0.2, 0.25) is 5.91 Å². The molecule has 0 radical (unpaired) electrons. The second-order valence-electron chi connectivity index (χ2n) is 2.78. The molecular formula is C7H15N5O5. The zero-order chi connectivity index (χ0) is 14.0. The number of amides is 1. The molecule has 1 unspecified atom stereocenters. The first-order chi connectivity index (χ1) is 7.66. The van der Waals surface area contributed by atoms with E-state index in [4.69, 9.17) is 27.1 Å². The number of nitrogens with two attached hydrogens (primary N) is 3. The summed E-state index contributed by atoms with van der Waals surface area (Å²) in [5.74, 6) is -3.27. The highest BCUT2D eigenvalue weighted by Gasteiger charge is 2.13. The Balaban J connectivity index is 0. The summed E-state index contributed by atoms with van der Waals surface area (Å²) in [5.41, 5.74) is 14.3. The average Bonchev–Trinajstić information content (AvgIpc) is 2.14. The van der Waals surface area contributed by atoms with Crippen LogP contribution in [0.1, 0.15) is 6.42 Å². The fraction of sp³-hybridized carbons (Fsp3) is 0.429. The van der Waals surface area contributed by atoms with E-state index in [1.165, 1.54) is 0 Å². The average molecular weight is 249 g/mol. The smallest absolute Gasteiger partial charge is 0.322 e. The summed E-state index contributed by atoms with van der Waals surface area (Å²) >= 11 is 0. The van der Waals surface area contributed by atoms with Gasteiger partial charge in [-0.2, -0.15) is 0 Å². The first-order valence-corrected chi connectivity index (χ1v) is 4.23. The van der Waals surface area contributed by atoms with Gasteiger partial charge in [0, 0.05) is 0 Å². The first-order valence-electron chi connectivity index (χ1n) is 4.23. The summed E-state index contributed by atoms with van der Waals surface area (Å²) in [6.07, 6.45) is -0.310. The van der Waals surface area contributed by atoms with Gasteiger partial charge in [-0.1, -0.05) is 0 Å². The van der Waals surface area contributed by atoms with E-state index >= 15 is 0 Å². The Kier molecular flexibility index (Phi) is 8.93. The van der Waals surface area contributed by atoms with Crippen LogP contribution >= 0.6 is 0 Å². The minimum absolute atomic E-state index is 0.296. The van der Waals surface area contributed by atoms with Gasteiger partial charge in [0.05, 0.1) is 6.42 Å². The van der Waals surface area contributed by atoms with Gasteiger partial charge in [0.1, 0.15) is 12.6 Å². The number of carboxylic acid groups (broad SMARTS) is 2. The molecule has 0 heterocycles. The lowest BCUT2D eigenvalue weighted by Crippen LogP contribution is -2.34. The van der Waals surface area contributed by atoms with Gasteiger partial charge >= 0.3 is 11.9 Å². The third kappa shape index (κ3) is 16.3. The predicted molar refractivity (Wildman–Crippen MR) is 57.0 cm³/mol. The summed E-state index contributed by atoms with van der Waals surface area (Å²) in [4.78, 5) is 29.6. The maximum atomic E-state index is 9.99. The third-order valence-corrected chi connectivity index (χ3v) is 1.17. The van der Waals surface area contributed by atoms with Gasteiger partial charge in [-0.15, -0.1) is 0 Å². The molecule has 0 rings (SSSR count). The van der Waals surface area contributed by atoms with Crippen molar-refractivity contribution in [2.24, 2.45) is 17.2 Å². The minimum Gasteiger partial charge on any atom is -0.480 e. The quantitative estimate of drug-likeness (QED) is 0.195. The molecule has 10 N–H and O–H groups in total. The van der Waals surface area contributed by atoms with Crippen molar-refractivity contribution < 1.29 is 24.6 Å². The Morgan fingerprint density at radius 2 is 1.71 bits per heavy atom. The lowest BCUT2D eigenvalue weighted by molar-refractivity contribution is -0.140. The molecule has 0 aromatic rings. The van der Waals surface area contributed by atoms with E-state index < -0.39 is 23.9 Å². The number of carboxylic acids is 2. The lowest BCUT2D eigenvalue weighted by atomic mass is 10.2. The summed E-state index contributed by atoms with van der Waals surface area (Å²) < 4.78 is 0. The molecule has 10 heteroatoms. The number of nitrogens with one attached hydrogen (secondary N) is 2. The van der Waals surface area contributed by atoms with Crippen LogP contribution in [0.15, 0.2) is 0 Å². The van der Waals surface area contributed by atoms with Crippen LogP contribution in [0.3, 0.4) is 0 Å². The topological polar surface area (TPSA) is 206 Å². The van der Waals surface area contributed by atoms with Crippen LogP contribution in [0.4, 0.5) is 0 Å². The number of guanidine groups is 1. The van der Waals surface area contributed by atoms with Crippen molar-refractivity contribution in [3.8, 4) is 0 Å². The van der Waals surface area contributed by atoms with Crippen molar-refractivity contribution in [2.75, 3.05) is 6.54 Å². The molecule has 1 amide bonds. The van der Waals surface area contributed by atoms with Crippen molar-refractivity contribution in [1.82, 2.24) is 5.32 Å². The number of carbonyl (C=O) groups excluding carboxylic acids is 1. The Morgan fingerprint density at radius 1 is 1.24 bits per heavy atom. The van der Waals surface area contributed by atoms with Crippen LogP contribution in [0.25, 0.3) is 0 Å². The zero-order valence-electron chi connectivity index (χ0n) is 8.84. The molecule has 1 atom stereocenters. The Hall–Kier alpha value is -2.36. The van der Waals surface area contributed by atoms with Gasteiger partial charge in [-0.25, -0.2) is 0 Å². The predicted octanol–water partition coefficient (Wildman–Crippen LogP) is -3.17. The monoisotopic (exact) mass is 249 g/mol. The second-order valence-corrected chi connectivity index (χ2v) is 2.78. The molecule has 0 saturated carbocycles. The maximum Gasteiger partial charge on any atom is 0.322 e. The zero-order valence-corrected chi connectivity index (χ0v) is 8.84. The van der Waals surface area contributed by atoms with Gasteiger partial charge < -0.3 is 32.7 Å². The van der Waals surface area contributed by atoms with E-state index in [9.17, 15) is 14.4 Å². The van der Waals surface area contributed by atoms with Crippen LogP contribution in [0.5, 0.6) is 0 Å². The van der Waals surface area contributed by atoms with Gasteiger partial charge in [0.15, 0.2) is 5.96 Å². The summed E-state index contributed by atoms with van der Waals surface area (Å²) in [6, 6.07) is -1.16.